The Balaban J connectivity index is 3.75. The first kappa shape index (κ1) is 15.0. The van der Waals surface area contributed by atoms with Crippen molar-refractivity contribution in [3.8, 4) is 0 Å². The molecule has 0 fully saturated rings. The van der Waals surface area contributed by atoms with Gasteiger partial charge in [-0.3, -0.25) is 0 Å². The van der Waals surface area contributed by atoms with E-state index in [4.69, 9.17) is 17.0 Å². The fourth-order valence-corrected chi connectivity index (χ4v) is 1.93. The molecule has 1 atom stereocenters. The molecule has 0 aliphatic carbocycles. The fourth-order valence-electron chi connectivity index (χ4n) is 1.07. The van der Waals surface area contributed by atoms with Gasteiger partial charge < -0.3 is 15.0 Å². The first-order chi connectivity index (χ1) is 7.13. The molecule has 0 saturated heterocycles. The summed E-state index contributed by atoms with van der Waals surface area (Å²) in [7, 11) is 3.72. The molecule has 5 heteroatoms. The van der Waals surface area contributed by atoms with Crippen molar-refractivity contribution in [1.82, 2.24) is 10.2 Å². The van der Waals surface area contributed by atoms with Crippen LogP contribution in [0.2, 0.25) is 0 Å². The lowest BCUT2D eigenvalue weighted by molar-refractivity contribution is 0.202. The van der Waals surface area contributed by atoms with E-state index < -0.39 is 0 Å². The van der Waals surface area contributed by atoms with Crippen LogP contribution in [-0.4, -0.2) is 55.4 Å². The number of thiocarbonyl (C=S) groups is 1. The molecule has 0 amide bonds. The lowest BCUT2D eigenvalue weighted by Crippen LogP contribution is -2.43. The van der Waals surface area contributed by atoms with E-state index in [1.54, 1.807) is 7.11 Å². The molecular formula is C10H22N2OS2. The SMILES string of the molecule is COCCNC(=S)N(C)C(C)CCSC. The molecule has 0 spiro atoms. The average molecular weight is 250 g/mol. The number of nitrogens with one attached hydrogen (secondary N) is 1. The summed E-state index contributed by atoms with van der Waals surface area (Å²) in [5.74, 6) is 1.17. The first-order valence-corrected chi connectivity index (χ1v) is 6.92. The van der Waals surface area contributed by atoms with E-state index in [9.17, 15) is 0 Å². The van der Waals surface area contributed by atoms with Crippen molar-refractivity contribution in [2.75, 3.05) is 39.3 Å². The van der Waals surface area contributed by atoms with E-state index in [0.29, 0.717) is 12.6 Å². The third-order valence-electron chi connectivity index (χ3n) is 2.30. The Bertz CT molecular complexity index is 179. The summed E-state index contributed by atoms with van der Waals surface area (Å²) in [5, 5.41) is 3.97. The molecule has 0 aliphatic rings. The number of methoxy groups -OCH3 is 1. The van der Waals surface area contributed by atoms with Gasteiger partial charge in [-0.2, -0.15) is 11.8 Å². The van der Waals surface area contributed by atoms with E-state index in [0.717, 1.165) is 18.1 Å². The minimum atomic E-state index is 0.486. The van der Waals surface area contributed by atoms with E-state index in [1.165, 1.54) is 5.75 Å². The Morgan fingerprint density at radius 2 is 2.27 bits per heavy atom. The van der Waals surface area contributed by atoms with Gasteiger partial charge in [-0.05, 0) is 37.6 Å². The normalized spacial score (nSPS) is 12.3. The highest BCUT2D eigenvalue weighted by molar-refractivity contribution is 7.98. The van der Waals surface area contributed by atoms with Crippen LogP contribution in [0.4, 0.5) is 0 Å². The van der Waals surface area contributed by atoms with Gasteiger partial charge in [0.25, 0.3) is 0 Å². The molecule has 0 rings (SSSR count). The zero-order valence-electron chi connectivity index (χ0n) is 10.1. The molecular weight excluding hydrogens is 228 g/mol. The molecule has 0 bridgehead atoms. The Kier molecular flexibility index (Phi) is 9.24. The maximum Gasteiger partial charge on any atom is 0.168 e. The van der Waals surface area contributed by atoms with Crippen LogP contribution in [0.25, 0.3) is 0 Å². The Morgan fingerprint density at radius 3 is 2.80 bits per heavy atom. The predicted molar refractivity (Wildman–Crippen MR) is 72.7 cm³/mol. The summed E-state index contributed by atoms with van der Waals surface area (Å²) in [6, 6.07) is 0.486. The lowest BCUT2D eigenvalue weighted by atomic mass is 10.2. The Labute approximate surface area is 103 Å². The van der Waals surface area contributed by atoms with Crippen molar-refractivity contribution >= 4 is 29.1 Å². The van der Waals surface area contributed by atoms with Crippen LogP contribution in [-0.2, 0) is 4.74 Å². The van der Waals surface area contributed by atoms with Crippen molar-refractivity contribution in [1.29, 1.82) is 0 Å². The smallest absolute Gasteiger partial charge is 0.168 e. The fraction of sp³-hybridized carbons (Fsp3) is 0.900. The van der Waals surface area contributed by atoms with Gasteiger partial charge in [0, 0.05) is 26.7 Å². The summed E-state index contributed by atoms with van der Waals surface area (Å²) in [6.45, 7) is 3.66. The zero-order chi connectivity index (χ0) is 11.7. The highest BCUT2D eigenvalue weighted by Crippen LogP contribution is 2.05. The Morgan fingerprint density at radius 1 is 1.60 bits per heavy atom. The van der Waals surface area contributed by atoms with Crippen molar-refractivity contribution in [3.63, 3.8) is 0 Å². The van der Waals surface area contributed by atoms with Gasteiger partial charge in [0.1, 0.15) is 0 Å². The second kappa shape index (κ2) is 9.24. The highest BCUT2D eigenvalue weighted by atomic mass is 32.2. The molecule has 15 heavy (non-hydrogen) atoms. The number of nitrogens with zero attached hydrogens (tertiary/aromatic N) is 1. The molecule has 0 aromatic rings. The van der Waals surface area contributed by atoms with Crippen LogP contribution in [0.3, 0.4) is 0 Å². The van der Waals surface area contributed by atoms with Crippen LogP contribution in [0.5, 0.6) is 0 Å². The number of rotatable bonds is 7. The van der Waals surface area contributed by atoms with Gasteiger partial charge in [0.15, 0.2) is 5.11 Å². The molecule has 90 valence electrons. The number of ether oxygens (including phenoxy) is 1. The molecule has 0 saturated carbocycles. The quantitative estimate of drug-likeness (QED) is 0.546. The van der Waals surface area contributed by atoms with Crippen LogP contribution < -0.4 is 5.32 Å². The van der Waals surface area contributed by atoms with Crippen LogP contribution in [0.1, 0.15) is 13.3 Å². The van der Waals surface area contributed by atoms with Crippen molar-refractivity contribution in [2.45, 2.75) is 19.4 Å². The van der Waals surface area contributed by atoms with Crippen LogP contribution >= 0.6 is 24.0 Å². The molecule has 0 radical (unpaired) electrons. The van der Waals surface area contributed by atoms with E-state index in [-0.39, 0.29) is 0 Å². The minimum absolute atomic E-state index is 0.486. The van der Waals surface area contributed by atoms with E-state index >= 15 is 0 Å². The van der Waals surface area contributed by atoms with Crippen LogP contribution in [0, 0.1) is 0 Å². The molecule has 0 aliphatic heterocycles. The Hall–Kier alpha value is 0. The summed E-state index contributed by atoms with van der Waals surface area (Å²) < 4.78 is 4.95. The van der Waals surface area contributed by atoms with Crippen molar-refractivity contribution < 1.29 is 4.74 Å². The molecule has 0 aromatic carbocycles. The summed E-state index contributed by atoms with van der Waals surface area (Å²) in [5.41, 5.74) is 0. The summed E-state index contributed by atoms with van der Waals surface area (Å²) in [4.78, 5) is 2.11. The number of hydrogen-bond donors (Lipinski definition) is 1. The minimum Gasteiger partial charge on any atom is -0.383 e. The van der Waals surface area contributed by atoms with Gasteiger partial charge in [-0.25, -0.2) is 0 Å². The second-order valence-electron chi connectivity index (χ2n) is 3.47. The second-order valence-corrected chi connectivity index (χ2v) is 4.84. The van der Waals surface area contributed by atoms with Gasteiger partial charge in [-0.1, -0.05) is 0 Å². The average Bonchev–Trinajstić information content (AvgIpc) is 2.24. The zero-order valence-corrected chi connectivity index (χ0v) is 11.7. The highest BCUT2D eigenvalue weighted by Gasteiger charge is 2.11. The summed E-state index contributed by atoms with van der Waals surface area (Å²) >= 11 is 7.14. The summed E-state index contributed by atoms with van der Waals surface area (Å²) in [6.07, 6.45) is 3.28. The van der Waals surface area contributed by atoms with Gasteiger partial charge >= 0.3 is 0 Å². The van der Waals surface area contributed by atoms with Gasteiger partial charge in [0.2, 0.25) is 0 Å². The predicted octanol–water partition coefficient (Wildman–Crippen LogP) is 1.58. The van der Waals surface area contributed by atoms with E-state index in [1.807, 2.05) is 18.8 Å². The standard InChI is InChI=1S/C10H22N2OS2/c1-9(5-8-15-4)12(2)10(14)11-6-7-13-3/h9H,5-8H2,1-4H3,(H,11,14). The topological polar surface area (TPSA) is 24.5 Å². The third kappa shape index (κ3) is 6.98. The number of hydrogen-bond acceptors (Lipinski definition) is 3. The molecule has 1 unspecified atom stereocenters. The first-order valence-electron chi connectivity index (χ1n) is 5.12. The van der Waals surface area contributed by atoms with Crippen molar-refractivity contribution in [2.24, 2.45) is 0 Å². The molecule has 1 N–H and O–H groups in total. The van der Waals surface area contributed by atoms with Gasteiger partial charge in [0.05, 0.1) is 6.61 Å². The number of thioether (sulfide) groups is 1. The molecule has 3 nitrogen and oxygen atoms in total. The largest absolute Gasteiger partial charge is 0.383 e. The van der Waals surface area contributed by atoms with Crippen LogP contribution in [0.15, 0.2) is 0 Å². The molecule has 0 heterocycles. The van der Waals surface area contributed by atoms with E-state index in [2.05, 4.69) is 23.4 Å². The maximum absolute atomic E-state index is 5.27. The third-order valence-corrected chi connectivity index (χ3v) is 3.38. The van der Waals surface area contributed by atoms with Gasteiger partial charge in [-0.15, -0.1) is 0 Å². The molecule has 0 aromatic heterocycles. The monoisotopic (exact) mass is 250 g/mol. The van der Waals surface area contributed by atoms with Crippen molar-refractivity contribution in [3.05, 3.63) is 0 Å². The maximum atomic E-state index is 5.27. The lowest BCUT2D eigenvalue weighted by Gasteiger charge is -2.27.